The minimum atomic E-state index is 0.341. The fraction of sp³-hybridized carbons (Fsp3) is 0.588. The van der Waals surface area contributed by atoms with Crippen LogP contribution in [0, 0.1) is 12.8 Å². The lowest BCUT2D eigenvalue weighted by molar-refractivity contribution is -0.132. The SMILES string of the molecule is Cc1ccccc1N1CCN(C(=O)CC2CCNC2)CC1. The van der Waals surface area contributed by atoms with Crippen molar-refractivity contribution in [3.63, 3.8) is 0 Å². The van der Waals surface area contributed by atoms with Crippen molar-refractivity contribution in [3.8, 4) is 0 Å². The van der Waals surface area contributed by atoms with Crippen LogP contribution in [0.3, 0.4) is 0 Å². The van der Waals surface area contributed by atoms with Crippen LogP contribution in [0.1, 0.15) is 18.4 Å². The van der Waals surface area contributed by atoms with Gasteiger partial charge in [-0.25, -0.2) is 0 Å². The van der Waals surface area contributed by atoms with E-state index in [9.17, 15) is 4.79 Å². The lowest BCUT2D eigenvalue weighted by Crippen LogP contribution is -2.49. The molecule has 4 nitrogen and oxygen atoms in total. The molecule has 4 heteroatoms. The van der Waals surface area contributed by atoms with Gasteiger partial charge in [0.25, 0.3) is 0 Å². The summed E-state index contributed by atoms with van der Waals surface area (Å²) in [6.45, 7) is 7.83. The minimum Gasteiger partial charge on any atom is -0.368 e. The summed E-state index contributed by atoms with van der Waals surface area (Å²) in [5.74, 6) is 0.889. The molecule has 0 aliphatic carbocycles. The van der Waals surface area contributed by atoms with Crippen molar-refractivity contribution in [1.29, 1.82) is 0 Å². The van der Waals surface area contributed by atoms with Crippen LogP contribution in [0.15, 0.2) is 24.3 Å². The molecule has 1 unspecified atom stereocenters. The molecule has 1 aromatic rings. The van der Waals surface area contributed by atoms with E-state index >= 15 is 0 Å². The summed E-state index contributed by atoms with van der Waals surface area (Å²) in [6, 6.07) is 8.50. The van der Waals surface area contributed by atoms with Gasteiger partial charge in [0, 0.05) is 38.3 Å². The average Bonchev–Trinajstić information content (AvgIpc) is 3.01. The van der Waals surface area contributed by atoms with Gasteiger partial charge in [-0.2, -0.15) is 0 Å². The molecule has 0 bridgehead atoms. The number of rotatable bonds is 3. The maximum atomic E-state index is 12.3. The van der Waals surface area contributed by atoms with Crippen molar-refractivity contribution in [3.05, 3.63) is 29.8 Å². The standard InChI is InChI=1S/C17H25N3O/c1-14-4-2-3-5-16(14)19-8-10-20(11-9-19)17(21)12-15-6-7-18-13-15/h2-5,15,18H,6-13H2,1H3. The van der Waals surface area contributed by atoms with Crippen LogP contribution in [0.25, 0.3) is 0 Å². The van der Waals surface area contributed by atoms with Crippen LogP contribution >= 0.6 is 0 Å². The zero-order chi connectivity index (χ0) is 14.7. The molecular weight excluding hydrogens is 262 g/mol. The number of carbonyl (C=O) groups is 1. The summed E-state index contributed by atoms with van der Waals surface area (Å²) < 4.78 is 0. The number of hydrogen-bond donors (Lipinski definition) is 1. The number of nitrogens with zero attached hydrogens (tertiary/aromatic N) is 2. The Morgan fingerprint density at radius 3 is 2.67 bits per heavy atom. The Balaban J connectivity index is 1.52. The molecule has 1 amide bonds. The second-order valence-electron chi connectivity index (χ2n) is 6.22. The van der Waals surface area contributed by atoms with E-state index in [1.165, 1.54) is 11.3 Å². The first-order chi connectivity index (χ1) is 10.2. The van der Waals surface area contributed by atoms with Gasteiger partial charge in [-0.1, -0.05) is 18.2 Å². The number of amides is 1. The van der Waals surface area contributed by atoms with Crippen molar-refractivity contribution in [2.24, 2.45) is 5.92 Å². The monoisotopic (exact) mass is 287 g/mol. The highest BCUT2D eigenvalue weighted by atomic mass is 16.2. The molecule has 3 rings (SSSR count). The van der Waals surface area contributed by atoms with Crippen LogP contribution in [0.4, 0.5) is 5.69 Å². The second kappa shape index (κ2) is 6.48. The summed E-state index contributed by atoms with van der Waals surface area (Å²) in [5, 5.41) is 3.34. The number of hydrogen-bond acceptors (Lipinski definition) is 3. The van der Waals surface area contributed by atoms with E-state index in [1.807, 2.05) is 4.90 Å². The Bertz CT molecular complexity index is 489. The van der Waals surface area contributed by atoms with Crippen LogP contribution in [0.5, 0.6) is 0 Å². The molecule has 0 radical (unpaired) electrons. The number of anilines is 1. The minimum absolute atomic E-state index is 0.341. The van der Waals surface area contributed by atoms with Crippen molar-refractivity contribution in [2.45, 2.75) is 19.8 Å². The van der Waals surface area contributed by atoms with Gasteiger partial charge in [-0.15, -0.1) is 0 Å². The first-order valence-corrected chi connectivity index (χ1v) is 8.03. The highest BCUT2D eigenvalue weighted by molar-refractivity contribution is 5.77. The average molecular weight is 287 g/mol. The Labute approximate surface area is 127 Å². The molecule has 2 aliphatic rings. The smallest absolute Gasteiger partial charge is 0.223 e. The first kappa shape index (κ1) is 14.4. The highest BCUT2D eigenvalue weighted by Gasteiger charge is 2.25. The van der Waals surface area contributed by atoms with Gasteiger partial charge in [-0.3, -0.25) is 4.79 Å². The van der Waals surface area contributed by atoms with E-state index in [0.29, 0.717) is 11.8 Å². The maximum Gasteiger partial charge on any atom is 0.223 e. The summed E-state index contributed by atoms with van der Waals surface area (Å²) in [6.07, 6.45) is 1.87. The van der Waals surface area contributed by atoms with E-state index in [2.05, 4.69) is 41.4 Å². The molecule has 2 aliphatic heterocycles. The Morgan fingerprint density at radius 2 is 2.00 bits per heavy atom. The molecule has 2 heterocycles. The van der Waals surface area contributed by atoms with Crippen molar-refractivity contribution in [1.82, 2.24) is 10.2 Å². The van der Waals surface area contributed by atoms with Crippen molar-refractivity contribution < 1.29 is 4.79 Å². The third-order valence-electron chi connectivity index (χ3n) is 4.71. The van der Waals surface area contributed by atoms with Crippen LogP contribution < -0.4 is 10.2 Å². The normalized spacial score (nSPS) is 22.6. The predicted octanol–water partition coefficient (Wildman–Crippen LogP) is 1.64. The number of benzene rings is 1. The van der Waals surface area contributed by atoms with Gasteiger partial charge in [0.05, 0.1) is 0 Å². The van der Waals surface area contributed by atoms with Crippen molar-refractivity contribution in [2.75, 3.05) is 44.2 Å². The van der Waals surface area contributed by atoms with E-state index in [-0.39, 0.29) is 0 Å². The Morgan fingerprint density at radius 1 is 1.24 bits per heavy atom. The summed E-state index contributed by atoms with van der Waals surface area (Å²) in [5.41, 5.74) is 2.62. The van der Waals surface area contributed by atoms with Crippen molar-refractivity contribution >= 4 is 11.6 Å². The molecule has 1 aromatic carbocycles. The van der Waals surface area contributed by atoms with Crippen LogP contribution in [-0.2, 0) is 4.79 Å². The second-order valence-corrected chi connectivity index (χ2v) is 6.22. The van der Waals surface area contributed by atoms with Gasteiger partial charge >= 0.3 is 0 Å². The summed E-state index contributed by atoms with van der Waals surface area (Å²) in [7, 11) is 0. The number of aryl methyl sites for hydroxylation is 1. The Hall–Kier alpha value is -1.55. The number of para-hydroxylation sites is 1. The van der Waals surface area contributed by atoms with Gasteiger partial charge in [0.15, 0.2) is 0 Å². The van der Waals surface area contributed by atoms with Gasteiger partial charge in [0.1, 0.15) is 0 Å². The van der Waals surface area contributed by atoms with E-state index in [4.69, 9.17) is 0 Å². The third-order valence-corrected chi connectivity index (χ3v) is 4.71. The molecular formula is C17H25N3O. The fourth-order valence-electron chi connectivity index (χ4n) is 3.38. The van der Waals surface area contributed by atoms with Gasteiger partial charge in [0.2, 0.25) is 5.91 Å². The molecule has 0 saturated carbocycles. The predicted molar refractivity (Wildman–Crippen MR) is 85.6 cm³/mol. The lowest BCUT2D eigenvalue weighted by atomic mass is 10.0. The van der Waals surface area contributed by atoms with Gasteiger partial charge in [-0.05, 0) is 44.0 Å². The first-order valence-electron chi connectivity index (χ1n) is 8.03. The number of piperazine rings is 1. The number of carbonyl (C=O) groups excluding carboxylic acids is 1. The van der Waals surface area contributed by atoms with Crippen LogP contribution in [0.2, 0.25) is 0 Å². The molecule has 21 heavy (non-hydrogen) atoms. The lowest BCUT2D eigenvalue weighted by Gasteiger charge is -2.37. The molecule has 0 spiro atoms. The van der Waals surface area contributed by atoms with Crippen LogP contribution in [-0.4, -0.2) is 50.1 Å². The molecule has 0 aromatic heterocycles. The Kier molecular flexibility index (Phi) is 4.44. The number of nitrogens with one attached hydrogen (secondary N) is 1. The zero-order valence-electron chi connectivity index (χ0n) is 12.8. The maximum absolute atomic E-state index is 12.3. The van der Waals surface area contributed by atoms with E-state index in [1.54, 1.807) is 0 Å². The third kappa shape index (κ3) is 3.38. The zero-order valence-corrected chi connectivity index (χ0v) is 12.8. The molecule has 114 valence electrons. The highest BCUT2D eigenvalue weighted by Crippen LogP contribution is 2.21. The topological polar surface area (TPSA) is 35.6 Å². The quantitative estimate of drug-likeness (QED) is 0.918. The largest absolute Gasteiger partial charge is 0.368 e. The van der Waals surface area contributed by atoms with E-state index in [0.717, 1.165) is 52.1 Å². The summed E-state index contributed by atoms with van der Waals surface area (Å²) >= 11 is 0. The fourth-order valence-corrected chi connectivity index (χ4v) is 3.38. The van der Waals surface area contributed by atoms with Gasteiger partial charge < -0.3 is 15.1 Å². The molecule has 2 fully saturated rings. The molecule has 2 saturated heterocycles. The summed E-state index contributed by atoms with van der Waals surface area (Å²) in [4.78, 5) is 16.8. The molecule has 1 N–H and O–H groups in total. The molecule has 1 atom stereocenters. The van der Waals surface area contributed by atoms with E-state index < -0.39 is 0 Å².